The molecular weight excluding hydrogens is 248 g/mol. The van der Waals surface area contributed by atoms with Crippen molar-refractivity contribution >= 4 is 5.97 Å². The Morgan fingerprint density at radius 3 is 2.84 bits per heavy atom. The van der Waals surface area contributed by atoms with E-state index in [-0.39, 0.29) is 17.9 Å². The molecule has 0 atom stereocenters. The monoisotopic (exact) mass is 262 g/mol. The second kappa shape index (κ2) is 5.43. The summed E-state index contributed by atoms with van der Waals surface area (Å²) in [7, 11) is 0. The normalized spacial score (nSPS) is 10.4. The van der Waals surface area contributed by atoms with Crippen LogP contribution >= 0.6 is 0 Å². The van der Waals surface area contributed by atoms with Crippen LogP contribution in [0.25, 0.3) is 0 Å². The number of hydrogen-bond donors (Lipinski definition) is 2. The van der Waals surface area contributed by atoms with E-state index in [4.69, 9.17) is 4.74 Å². The van der Waals surface area contributed by atoms with Gasteiger partial charge in [-0.15, -0.1) is 0 Å². The van der Waals surface area contributed by atoms with Crippen molar-refractivity contribution in [1.29, 1.82) is 0 Å². The maximum absolute atomic E-state index is 11.7. The van der Waals surface area contributed by atoms with Crippen LogP contribution in [0.15, 0.2) is 30.6 Å². The average Bonchev–Trinajstić information content (AvgIpc) is 2.89. The number of esters is 1. The molecule has 0 saturated carbocycles. The lowest BCUT2D eigenvalue weighted by Crippen LogP contribution is -2.12. The Bertz CT molecular complexity index is 579. The quantitative estimate of drug-likeness (QED) is 0.643. The van der Waals surface area contributed by atoms with Crippen molar-refractivity contribution in [3.05, 3.63) is 41.7 Å². The van der Waals surface area contributed by atoms with Gasteiger partial charge in [0.1, 0.15) is 12.2 Å². The Hall–Kier alpha value is -2.50. The summed E-state index contributed by atoms with van der Waals surface area (Å²) in [6, 6.07) is 4.73. The summed E-state index contributed by atoms with van der Waals surface area (Å²) >= 11 is 0. The number of aromatic hydroxyl groups is 2. The molecule has 0 spiro atoms. The highest BCUT2D eigenvalue weighted by molar-refractivity contribution is 5.93. The third-order valence-electron chi connectivity index (χ3n) is 2.69. The maximum Gasteiger partial charge on any atom is 0.342 e. The Kier molecular flexibility index (Phi) is 3.70. The summed E-state index contributed by atoms with van der Waals surface area (Å²) in [4.78, 5) is 11.7. The molecule has 1 aromatic carbocycles. The smallest absolute Gasteiger partial charge is 0.342 e. The van der Waals surface area contributed by atoms with Gasteiger partial charge in [-0.1, -0.05) is 6.07 Å². The van der Waals surface area contributed by atoms with Gasteiger partial charge in [-0.2, -0.15) is 5.10 Å². The van der Waals surface area contributed by atoms with Crippen LogP contribution in [0, 0.1) is 6.92 Å². The number of phenolic OH excluding ortho intramolecular Hbond substituents is 2. The first-order valence-corrected chi connectivity index (χ1v) is 5.75. The van der Waals surface area contributed by atoms with Gasteiger partial charge in [-0.3, -0.25) is 4.68 Å². The van der Waals surface area contributed by atoms with E-state index in [1.165, 1.54) is 6.07 Å². The molecule has 6 nitrogen and oxygen atoms in total. The summed E-state index contributed by atoms with van der Waals surface area (Å²) in [6.45, 7) is 2.19. The van der Waals surface area contributed by atoms with Gasteiger partial charge in [0.15, 0.2) is 11.5 Å². The van der Waals surface area contributed by atoms with Crippen molar-refractivity contribution in [3.8, 4) is 11.5 Å². The van der Waals surface area contributed by atoms with Crippen LogP contribution in [0.2, 0.25) is 0 Å². The summed E-state index contributed by atoms with van der Waals surface area (Å²) in [5.74, 6) is -1.44. The zero-order valence-corrected chi connectivity index (χ0v) is 10.4. The molecule has 19 heavy (non-hydrogen) atoms. The van der Waals surface area contributed by atoms with E-state index in [0.717, 1.165) is 0 Å². The number of ether oxygens (including phenoxy) is 1. The number of hydrogen-bond acceptors (Lipinski definition) is 5. The summed E-state index contributed by atoms with van der Waals surface area (Å²) < 4.78 is 6.63. The first kappa shape index (κ1) is 12.9. The maximum atomic E-state index is 11.7. The Morgan fingerprint density at radius 1 is 1.37 bits per heavy atom. The molecule has 100 valence electrons. The van der Waals surface area contributed by atoms with Gasteiger partial charge < -0.3 is 14.9 Å². The van der Waals surface area contributed by atoms with Crippen molar-refractivity contribution in [1.82, 2.24) is 9.78 Å². The number of rotatable bonds is 4. The highest BCUT2D eigenvalue weighted by Crippen LogP contribution is 2.32. The zero-order valence-electron chi connectivity index (χ0n) is 10.4. The molecule has 0 fully saturated rings. The topological polar surface area (TPSA) is 84.6 Å². The van der Waals surface area contributed by atoms with Gasteiger partial charge >= 0.3 is 5.97 Å². The minimum Gasteiger partial charge on any atom is -0.504 e. The van der Waals surface area contributed by atoms with E-state index in [1.807, 2.05) is 0 Å². The van der Waals surface area contributed by atoms with E-state index in [0.29, 0.717) is 12.1 Å². The Balaban J connectivity index is 1.98. The van der Waals surface area contributed by atoms with Gasteiger partial charge in [-0.05, 0) is 24.6 Å². The number of phenols is 2. The second-order valence-corrected chi connectivity index (χ2v) is 4.03. The number of carbonyl (C=O) groups excluding carboxylic acids is 1. The van der Waals surface area contributed by atoms with Gasteiger partial charge in [0.2, 0.25) is 0 Å². The van der Waals surface area contributed by atoms with Crippen LogP contribution in [0.3, 0.4) is 0 Å². The molecular formula is C13H14N2O4. The van der Waals surface area contributed by atoms with Crippen molar-refractivity contribution in [3.63, 3.8) is 0 Å². The molecule has 0 amide bonds. The Morgan fingerprint density at radius 2 is 2.16 bits per heavy atom. The average molecular weight is 262 g/mol. The van der Waals surface area contributed by atoms with Crippen LogP contribution in [-0.2, 0) is 11.3 Å². The minimum atomic E-state index is -0.681. The predicted octanol–water partition coefficient (Wildman–Crippen LogP) is 1.46. The third-order valence-corrected chi connectivity index (χ3v) is 2.69. The fourth-order valence-electron chi connectivity index (χ4n) is 1.59. The highest BCUT2D eigenvalue weighted by Gasteiger charge is 2.16. The molecule has 2 N–H and O–H groups in total. The standard InChI is InChI=1S/C13H14N2O4/c1-9-3-4-10(12(17)11(9)16)13(18)19-8-7-15-6-2-5-14-15/h2-6,16-17H,7-8H2,1H3. The van der Waals surface area contributed by atoms with Crippen LogP contribution in [0.4, 0.5) is 0 Å². The number of aryl methyl sites for hydroxylation is 1. The molecule has 0 bridgehead atoms. The molecule has 6 heteroatoms. The first-order valence-electron chi connectivity index (χ1n) is 5.75. The predicted molar refractivity (Wildman–Crippen MR) is 67.0 cm³/mol. The van der Waals surface area contributed by atoms with Crippen molar-refractivity contribution in [2.45, 2.75) is 13.5 Å². The largest absolute Gasteiger partial charge is 0.504 e. The third kappa shape index (κ3) is 2.85. The van der Waals surface area contributed by atoms with Gasteiger partial charge in [-0.25, -0.2) is 4.79 Å². The number of benzene rings is 1. The fraction of sp³-hybridized carbons (Fsp3) is 0.231. The van der Waals surface area contributed by atoms with Gasteiger partial charge in [0, 0.05) is 12.4 Å². The van der Waals surface area contributed by atoms with Crippen LogP contribution in [-0.4, -0.2) is 32.6 Å². The lowest BCUT2D eigenvalue weighted by Gasteiger charge is -2.08. The molecule has 2 rings (SSSR count). The van der Waals surface area contributed by atoms with Crippen molar-refractivity contribution < 1.29 is 19.7 Å². The van der Waals surface area contributed by atoms with E-state index in [1.54, 1.807) is 36.1 Å². The summed E-state index contributed by atoms with van der Waals surface area (Å²) in [5.41, 5.74) is 0.439. The number of aromatic nitrogens is 2. The molecule has 1 aromatic heterocycles. The van der Waals surface area contributed by atoms with E-state index in [9.17, 15) is 15.0 Å². The Labute approximate surface area is 109 Å². The van der Waals surface area contributed by atoms with Crippen LogP contribution < -0.4 is 0 Å². The molecule has 0 radical (unpaired) electrons. The lowest BCUT2D eigenvalue weighted by molar-refractivity contribution is 0.0483. The highest BCUT2D eigenvalue weighted by atomic mass is 16.5. The number of nitrogens with zero attached hydrogens (tertiary/aromatic N) is 2. The summed E-state index contributed by atoms with van der Waals surface area (Å²) in [6.07, 6.45) is 3.38. The summed E-state index contributed by atoms with van der Waals surface area (Å²) in [5, 5.41) is 23.2. The molecule has 0 aliphatic carbocycles. The van der Waals surface area contributed by atoms with E-state index in [2.05, 4.69) is 5.10 Å². The fourth-order valence-corrected chi connectivity index (χ4v) is 1.59. The molecule has 0 aliphatic rings. The lowest BCUT2D eigenvalue weighted by atomic mass is 10.1. The van der Waals surface area contributed by atoms with Crippen LogP contribution in [0.1, 0.15) is 15.9 Å². The van der Waals surface area contributed by atoms with E-state index < -0.39 is 11.7 Å². The zero-order chi connectivity index (χ0) is 13.8. The molecule has 0 saturated heterocycles. The van der Waals surface area contributed by atoms with Crippen molar-refractivity contribution in [2.75, 3.05) is 6.61 Å². The van der Waals surface area contributed by atoms with Crippen molar-refractivity contribution in [2.24, 2.45) is 0 Å². The SMILES string of the molecule is Cc1ccc(C(=O)OCCn2cccn2)c(O)c1O. The van der Waals surface area contributed by atoms with Gasteiger partial charge in [0.25, 0.3) is 0 Å². The first-order chi connectivity index (χ1) is 9.09. The minimum absolute atomic E-state index is 0.0523. The second-order valence-electron chi connectivity index (χ2n) is 4.03. The number of carbonyl (C=O) groups is 1. The van der Waals surface area contributed by atoms with E-state index >= 15 is 0 Å². The molecule has 1 heterocycles. The molecule has 0 unspecified atom stereocenters. The molecule has 2 aromatic rings. The molecule has 0 aliphatic heterocycles. The van der Waals surface area contributed by atoms with Crippen LogP contribution in [0.5, 0.6) is 11.5 Å². The van der Waals surface area contributed by atoms with Gasteiger partial charge in [0.05, 0.1) is 6.54 Å².